The number of quaternary nitrogens is 1. The molecule has 1 atom stereocenters. The molecule has 0 aromatic heterocycles. The Bertz CT molecular complexity index is 435. The molecule has 19 heavy (non-hydrogen) atoms. The Kier molecular flexibility index (Phi) is 4.10. The summed E-state index contributed by atoms with van der Waals surface area (Å²) in [5, 5.41) is 18.8. The van der Waals surface area contributed by atoms with E-state index < -0.39 is 12.0 Å². The van der Waals surface area contributed by atoms with Gasteiger partial charge in [-0.2, -0.15) is 0 Å². The van der Waals surface area contributed by atoms with E-state index >= 15 is 0 Å². The number of piperidine rings is 1. The maximum absolute atomic E-state index is 11.6. The number of carbonyl (C=O) groups is 1. The number of aromatic hydroxyl groups is 1. The molecule has 1 aliphatic rings. The third-order valence-corrected chi connectivity index (χ3v) is 4.24. The highest BCUT2D eigenvalue weighted by Gasteiger charge is 2.39. The van der Waals surface area contributed by atoms with Crippen molar-refractivity contribution in [3.63, 3.8) is 0 Å². The van der Waals surface area contributed by atoms with Crippen LogP contribution in [-0.4, -0.2) is 46.8 Å². The molecule has 1 aromatic rings. The van der Waals surface area contributed by atoms with Crippen LogP contribution in [0.1, 0.15) is 24.8 Å². The molecule has 1 aromatic carbocycles. The Hall–Kier alpha value is -1.55. The van der Waals surface area contributed by atoms with E-state index in [1.165, 1.54) is 6.42 Å². The highest BCUT2D eigenvalue weighted by molar-refractivity contribution is 5.72. The van der Waals surface area contributed by atoms with Crippen molar-refractivity contribution < 1.29 is 19.5 Å². The summed E-state index contributed by atoms with van der Waals surface area (Å²) in [7, 11) is 2.05. The Morgan fingerprint density at radius 1 is 1.21 bits per heavy atom. The molecule has 0 bridgehead atoms. The minimum atomic E-state index is -0.725. The Balaban J connectivity index is 2.16. The van der Waals surface area contributed by atoms with Crippen molar-refractivity contribution in [3.05, 3.63) is 29.8 Å². The maximum Gasteiger partial charge on any atom is 0.362 e. The lowest BCUT2D eigenvalue weighted by molar-refractivity contribution is -0.929. The van der Waals surface area contributed by atoms with Crippen LogP contribution in [0.25, 0.3) is 0 Å². The zero-order chi connectivity index (χ0) is 13.9. The predicted octanol–water partition coefficient (Wildman–Crippen LogP) is 2.02. The van der Waals surface area contributed by atoms with Crippen LogP contribution < -0.4 is 0 Å². The molecule has 0 aliphatic carbocycles. The number of hydrogen-bond acceptors (Lipinski definition) is 2. The van der Waals surface area contributed by atoms with Gasteiger partial charge in [0.05, 0.1) is 20.1 Å². The first-order chi connectivity index (χ1) is 9.01. The van der Waals surface area contributed by atoms with Crippen LogP contribution in [0.2, 0.25) is 0 Å². The van der Waals surface area contributed by atoms with E-state index in [1.807, 2.05) is 0 Å². The standard InChI is InChI=1S/C15H21NO3/c1-16(9-3-2-4-10-16)14(15(18)19)11-12-5-7-13(17)8-6-12/h5-8,14H,2-4,9-11H2,1H3,(H-,17,18,19)/p+1/t14-/m1/s1. The quantitative estimate of drug-likeness (QED) is 0.818. The molecule has 1 aliphatic heterocycles. The Morgan fingerprint density at radius 3 is 2.32 bits per heavy atom. The second-order valence-electron chi connectivity index (χ2n) is 5.71. The average molecular weight is 264 g/mol. The fourth-order valence-corrected chi connectivity index (χ4v) is 2.98. The largest absolute Gasteiger partial charge is 0.508 e. The van der Waals surface area contributed by atoms with E-state index in [2.05, 4.69) is 7.05 Å². The van der Waals surface area contributed by atoms with E-state index in [0.29, 0.717) is 10.9 Å². The molecule has 0 amide bonds. The summed E-state index contributed by atoms with van der Waals surface area (Å²) in [5.74, 6) is -0.508. The van der Waals surface area contributed by atoms with Gasteiger partial charge < -0.3 is 14.7 Å². The average Bonchev–Trinajstić information content (AvgIpc) is 2.38. The van der Waals surface area contributed by atoms with Gasteiger partial charge in [0.15, 0.2) is 6.04 Å². The van der Waals surface area contributed by atoms with Crippen LogP contribution in [0.15, 0.2) is 24.3 Å². The molecule has 104 valence electrons. The number of hydrogen-bond donors (Lipinski definition) is 2. The summed E-state index contributed by atoms with van der Waals surface area (Å²) in [4.78, 5) is 11.6. The molecule has 1 saturated heterocycles. The van der Waals surface area contributed by atoms with E-state index in [9.17, 15) is 15.0 Å². The van der Waals surface area contributed by atoms with Crippen LogP contribution in [0.5, 0.6) is 5.75 Å². The first-order valence-corrected chi connectivity index (χ1v) is 6.86. The zero-order valence-corrected chi connectivity index (χ0v) is 11.4. The van der Waals surface area contributed by atoms with E-state index in [0.717, 1.165) is 31.5 Å². The fraction of sp³-hybridized carbons (Fsp3) is 0.533. The Labute approximate surface area is 113 Å². The molecule has 4 nitrogen and oxygen atoms in total. The zero-order valence-electron chi connectivity index (χ0n) is 11.4. The van der Waals surface area contributed by atoms with Crippen LogP contribution in [0.4, 0.5) is 0 Å². The van der Waals surface area contributed by atoms with Gasteiger partial charge >= 0.3 is 5.97 Å². The summed E-state index contributed by atoms with van der Waals surface area (Å²) in [6, 6.07) is 6.45. The first kappa shape index (κ1) is 13.9. The monoisotopic (exact) mass is 264 g/mol. The van der Waals surface area contributed by atoms with Crippen LogP contribution in [0.3, 0.4) is 0 Å². The summed E-state index contributed by atoms with van der Waals surface area (Å²) in [5.41, 5.74) is 0.968. The van der Waals surface area contributed by atoms with Crippen molar-refractivity contribution in [2.45, 2.75) is 31.7 Å². The van der Waals surface area contributed by atoms with Gasteiger partial charge in [-0.15, -0.1) is 0 Å². The van der Waals surface area contributed by atoms with Gasteiger partial charge in [0, 0.05) is 6.42 Å². The van der Waals surface area contributed by atoms with Crippen molar-refractivity contribution in [2.75, 3.05) is 20.1 Å². The molecule has 1 fully saturated rings. The lowest BCUT2D eigenvalue weighted by Crippen LogP contribution is -2.59. The number of likely N-dealkylation sites (tertiary alicyclic amines) is 1. The van der Waals surface area contributed by atoms with E-state index in [-0.39, 0.29) is 5.75 Å². The molecule has 2 rings (SSSR count). The predicted molar refractivity (Wildman–Crippen MR) is 73.0 cm³/mol. The minimum absolute atomic E-state index is 0.217. The topological polar surface area (TPSA) is 57.5 Å². The van der Waals surface area contributed by atoms with Gasteiger partial charge in [-0.25, -0.2) is 4.79 Å². The van der Waals surface area contributed by atoms with Crippen LogP contribution in [0, 0.1) is 0 Å². The summed E-state index contributed by atoms with van der Waals surface area (Å²) in [6.45, 7) is 1.88. The number of aliphatic carboxylic acids is 1. The van der Waals surface area contributed by atoms with Gasteiger partial charge in [-0.3, -0.25) is 0 Å². The van der Waals surface area contributed by atoms with Gasteiger partial charge in [0.2, 0.25) is 0 Å². The van der Waals surface area contributed by atoms with Crippen molar-refractivity contribution in [3.8, 4) is 5.75 Å². The van der Waals surface area contributed by atoms with Crippen molar-refractivity contribution >= 4 is 5.97 Å². The second kappa shape index (κ2) is 5.61. The lowest BCUT2D eigenvalue weighted by atomic mass is 9.98. The molecule has 0 radical (unpaired) electrons. The van der Waals surface area contributed by atoms with Gasteiger partial charge in [0.1, 0.15) is 5.75 Å². The van der Waals surface area contributed by atoms with Crippen LogP contribution in [-0.2, 0) is 11.2 Å². The second-order valence-corrected chi connectivity index (χ2v) is 5.71. The van der Waals surface area contributed by atoms with Gasteiger partial charge in [0.25, 0.3) is 0 Å². The number of benzene rings is 1. The highest BCUT2D eigenvalue weighted by atomic mass is 16.4. The van der Waals surface area contributed by atoms with E-state index in [1.54, 1.807) is 24.3 Å². The number of phenolic OH excluding ortho intramolecular Hbond substituents is 1. The molecular weight excluding hydrogens is 242 g/mol. The number of likely N-dealkylation sites (N-methyl/N-ethyl adjacent to an activating group) is 1. The summed E-state index contributed by atoms with van der Waals surface area (Å²) in [6.07, 6.45) is 3.94. The smallest absolute Gasteiger partial charge is 0.362 e. The fourth-order valence-electron chi connectivity index (χ4n) is 2.98. The SMILES string of the molecule is C[N+]1([C@H](Cc2ccc(O)cc2)C(=O)O)CCCCC1. The number of carboxylic acid groups (broad SMARTS) is 1. The molecule has 0 unspecified atom stereocenters. The molecule has 2 N–H and O–H groups in total. The van der Waals surface area contributed by atoms with Crippen LogP contribution >= 0.6 is 0 Å². The first-order valence-electron chi connectivity index (χ1n) is 6.86. The maximum atomic E-state index is 11.6. The lowest BCUT2D eigenvalue weighted by Gasteiger charge is -2.42. The highest BCUT2D eigenvalue weighted by Crippen LogP contribution is 2.23. The third kappa shape index (κ3) is 3.26. The molecular formula is C15H22NO3+. The summed E-state index contributed by atoms with van der Waals surface area (Å²) < 4.78 is 0.621. The van der Waals surface area contributed by atoms with E-state index in [4.69, 9.17) is 0 Å². The minimum Gasteiger partial charge on any atom is -0.508 e. The molecule has 4 heteroatoms. The number of phenols is 1. The number of carboxylic acids is 1. The van der Waals surface area contributed by atoms with Gasteiger partial charge in [-0.1, -0.05) is 12.1 Å². The molecule has 0 saturated carbocycles. The molecule has 0 spiro atoms. The summed E-state index contributed by atoms with van der Waals surface area (Å²) >= 11 is 0. The van der Waals surface area contributed by atoms with Crippen molar-refractivity contribution in [1.82, 2.24) is 0 Å². The van der Waals surface area contributed by atoms with Crippen molar-refractivity contribution in [2.24, 2.45) is 0 Å². The number of nitrogens with zero attached hydrogens (tertiary/aromatic N) is 1. The van der Waals surface area contributed by atoms with Gasteiger partial charge in [-0.05, 0) is 37.0 Å². The Morgan fingerprint density at radius 2 is 1.79 bits per heavy atom. The molecule has 1 heterocycles. The van der Waals surface area contributed by atoms with Crippen molar-refractivity contribution in [1.29, 1.82) is 0 Å². The normalized spacial score (nSPS) is 19.8. The number of rotatable bonds is 4. The third-order valence-electron chi connectivity index (χ3n) is 4.24.